The van der Waals surface area contributed by atoms with Gasteiger partial charge in [-0.05, 0) is 44.9 Å². The van der Waals surface area contributed by atoms with E-state index in [0.717, 1.165) is 37.2 Å². The molecule has 3 heterocycles. The Balaban J connectivity index is 1.66. The van der Waals surface area contributed by atoms with Crippen LogP contribution < -0.4 is 10.6 Å². The largest absolute Gasteiger partial charge is 0.352 e. The van der Waals surface area contributed by atoms with Crippen LogP contribution in [0.5, 0.6) is 0 Å². The summed E-state index contributed by atoms with van der Waals surface area (Å²) >= 11 is 1.29. The number of sulfonamides is 1. The van der Waals surface area contributed by atoms with Crippen molar-refractivity contribution in [1.82, 2.24) is 14.9 Å². The van der Waals surface area contributed by atoms with E-state index in [9.17, 15) is 13.2 Å². The smallest absolute Gasteiger partial charge is 0.252 e. The van der Waals surface area contributed by atoms with Crippen molar-refractivity contribution in [3.63, 3.8) is 0 Å². The fraction of sp³-hybridized carbons (Fsp3) is 0.667. The van der Waals surface area contributed by atoms with E-state index in [1.165, 1.54) is 15.6 Å². The summed E-state index contributed by atoms with van der Waals surface area (Å²) in [6.45, 7) is 4.40. The highest BCUT2D eigenvalue weighted by molar-refractivity contribution is 7.91. The topological polar surface area (TPSA) is 78.5 Å². The molecule has 23 heavy (non-hydrogen) atoms. The van der Waals surface area contributed by atoms with Gasteiger partial charge < -0.3 is 10.6 Å². The van der Waals surface area contributed by atoms with Crippen molar-refractivity contribution in [2.75, 3.05) is 26.2 Å². The molecule has 0 saturated carbocycles. The first-order valence-corrected chi connectivity index (χ1v) is 10.3. The lowest BCUT2D eigenvalue weighted by Crippen LogP contribution is -2.47. The Morgan fingerprint density at radius 2 is 2.22 bits per heavy atom. The molecular weight excluding hydrogens is 334 g/mol. The predicted octanol–water partition coefficient (Wildman–Crippen LogP) is 0.935. The van der Waals surface area contributed by atoms with Gasteiger partial charge >= 0.3 is 0 Å². The molecule has 1 amide bonds. The number of hydrogen-bond donors (Lipinski definition) is 2. The normalized spacial score (nSPS) is 26.3. The first-order chi connectivity index (χ1) is 11.0. The van der Waals surface area contributed by atoms with Gasteiger partial charge in [0.25, 0.3) is 10.0 Å². The minimum Gasteiger partial charge on any atom is -0.352 e. The van der Waals surface area contributed by atoms with Gasteiger partial charge in [-0.1, -0.05) is 0 Å². The van der Waals surface area contributed by atoms with Crippen LogP contribution in [-0.2, 0) is 14.8 Å². The van der Waals surface area contributed by atoms with Gasteiger partial charge in [-0.25, -0.2) is 8.42 Å². The second kappa shape index (κ2) is 6.88. The fourth-order valence-electron chi connectivity index (χ4n) is 3.15. The summed E-state index contributed by atoms with van der Waals surface area (Å²) < 4.78 is 27.3. The molecule has 0 spiro atoms. The molecular formula is C15H23N3O3S2. The molecule has 0 aromatic carbocycles. The summed E-state index contributed by atoms with van der Waals surface area (Å²) in [4.78, 5) is 13.4. The quantitative estimate of drug-likeness (QED) is 0.840. The maximum absolute atomic E-state index is 12.7. The SMILES string of the molecule is Cc1ccc(S(=O)(=O)N2CCCC(C(=O)NC3CCNC3)C2)s1. The van der Waals surface area contributed by atoms with Crippen LogP contribution in [-0.4, -0.2) is 50.9 Å². The van der Waals surface area contributed by atoms with Gasteiger partial charge in [-0.2, -0.15) is 4.31 Å². The van der Waals surface area contributed by atoms with Gasteiger partial charge in [0.1, 0.15) is 4.21 Å². The molecule has 0 radical (unpaired) electrons. The Bertz CT molecular complexity index is 665. The molecule has 1 aromatic rings. The highest BCUT2D eigenvalue weighted by Crippen LogP contribution is 2.28. The van der Waals surface area contributed by atoms with Crippen LogP contribution in [0.1, 0.15) is 24.1 Å². The Morgan fingerprint density at radius 3 is 2.87 bits per heavy atom. The monoisotopic (exact) mass is 357 g/mol. The molecule has 128 valence electrons. The Labute approximate surface area is 141 Å². The van der Waals surface area contributed by atoms with Crippen molar-refractivity contribution >= 4 is 27.3 Å². The molecule has 8 heteroatoms. The van der Waals surface area contributed by atoms with Gasteiger partial charge in [0, 0.05) is 30.6 Å². The van der Waals surface area contributed by atoms with E-state index in [4.69, 9.17) is 0 Å². The second-order valence-electron chi connectivity index (χ2n) is 6.27. The summed E-state index contributed by atoms with van der Waals surface area (Å²) in [6, 6.07) is 3.65. The molecule has 2 fully saturated rings. The number of rotatable bonds is 4. The number of nitrogens with one attached hydrogen (secondary N) is 2. The Morgan fingerprint density at radius 1 is 1.39 bits per heavy atom. The van der Waals surface area contributed by atoms with Crippen LogP contribution in [0.25, 0.3) is 0 Å². The fourth-order valence-corrected chi connectivity index (χ4v) is 6.11. The average Bonchev–Trinajstić information content (AvgIpc) is 3.19. The summed E-state index contributed by atoms with van der Waals surface area (Å²) in [5.74, 6) is -0.263. The van der Waals surface area contributed by atoms with Crippen LogP contribution in [0.15, 0.2) is 16.3 Å². The lowest BCUT2D eigenvalue weighted by atomic mass is 9.98. The number of hydrogen-bond acceptors (Lipinski definition) is 5. The maximum atomic E-state index is 12.7. The van der Waals surface area contributed by atoms with Crippen molar-refractivity contribution in [3.05, 3.63) is 17.0 Å². The van der Waals surface area contributed by atoms with Crippen LogP contribution in [0.3, 0.4) is 0 Å². The van der Waals surface area contributed by atoms with Crippen molar-refractivity contribution < 1.29 is 13.2 Å². The third-order valence-corrected chi connectivity index (χ3v) is 7.80. The van der Waals surface area contributed by atoms with Crippen LogP contribution in [0.2, 0.25) is 0 Å². The number of piperidine rings is 1. The zero-order chi connectivity index (χ0) is 16.4. The van der Waals surface area contributed by atoms with Crippen molar-refractivity contribution in [1.29, 1.82) is 0 Å². The van der Waals surface area contributed by atoms with Crippen LogP contribution in [0.4, 0.5) is 0 Å². The van der Waals surface area contributed by atoms with E-state index in [1.807, 2.05) is 13.0 Å². The van der Waals surface area contributed by atoms with Gasteiger partial charge in [0.2, 0.25) is 5.91 Å². The van der Waals surface area contributed by atoms with Gasteiger partial charge in [0.15, 0.2) is 0 Å². The predicted molar refractivity (Wildman–Crippen MR) is 90.0 cm³/mol. The second-order valence-corrected chi connectivity index (χ2v) is 9.72. The first kappa shape index (κ1) is 16.9. The number of thiophene rings is 1. The molecule has 1 aromatic heterocycles. The molecule has 6 nitrogen and oxygen atoms in total. The number of nitrogens with zero attached hydrogens (tertiary/aromatic N) is 1. The molecule has 2 aliphatic heterocycles. The molecule has 2 atom stereocenters. The van der Waals surface area contributed by atoms with Gasteiger partial charge in [0.05, 0.1) is 5.92 Å². The zero-order valence-electron chi connectivity index (χ0n) is 13.2. The molecule has 2 N–H and O–H groups in total. The summed E-state index contributed by atoms with van der Waals surface area (Å²) in [5.41, 5.74) is 0. The first-order valence-electron chi connectivity index (χ1n) is 8.04. The van der Waals surface area contributed by atoms with Crippen LogP contribution in [0, 0.1) is 12.8 Å². The maximum Gasteiger partial charge on any atom is 0.252 e. The van der Waals surface area contributed by atoms with E-state index in [0.29, 0.717) is 10.8 Å². The Hall–Kier alpha value is -0.960. The average molecular weight is 358 g/mol. The van der Waals surface area contributed by atoms with Crippen molar-refractivity contribution in [2.24, 2.45) is 5.92 Å². The number of carbonyl (C=O) groups excluding carboxylic acids is 1. The van der Waals surface area contributed by atoms with Gasteiger partial charge in [-0.3, -0.25) is 4.79 Å². The Kier molecular flexibility index (Phi) is 5.05. The lowest BCUT2D eigenvalue weighted by Gasteiger charge is -2.31. The zero-order valence-corrected chi connectivity index (χ0v) is 14.9. The minimum absolute atomic E-state index is 0.0130. The van der Waals surface area contributed by atoms with E-state index < -0.39 is 10.0 Å². The standard InChI is InChI=1S/C15H23N3O3S2/c1-11-4-5-14(22-11)23(20,21)18-8-2-3-12(10-18)15(19)17-13-6-7-16-9-13/h4-5,12-13,16H,2-3,6-10H2,1H3,(H,17,19). The highest BCUT2D eigenvalue weighted by atomic mass is 32.2. The molecule has 0 bridgehead atoms. The summed E-state index contributed by atoms with van der Waals surface area (Å²) in [7, 11) is -3.48. The lowest BCUT2D eigenvalue weighted by molar-refractivity contribution is -0.126. The molecule has 2 unspecified atom stereocenters. The van der Waals surface area contributed by atoms with Crippen LogP contribution >= 0.6 is 11.3 Å². The van der Waals surface area contributed by atoms with Gasteiger partial charge in [-0.15, -0.1) is 11.3 Å². The summed E-state index contributed by atoms with van der Waals surface area (Å²) in [6.07, 6.45) is 2.42. The van der Waals surface area contributed by atoms with E-state index >= 15 is 0 Å². The molecule has 2 saturated heterocycles. The minimum atomic E-state index is -3.48. The highest BCUT2D eigenvalue weighted by Gasteiger charge is 2.34. The number of aryl methyl sites for hydroxylation is 1. The van der Waals surface area contributed by atoms with E-state index in [-0.39, 0.29) is 24.4 Å². The number of amides is 1. The number of carbonyl (C=O) groups is 1. The van der Waals surface area contributed by atoms with E-state index in [2.05, 4.69) is 10.6 Å². The third kappa shape index (κ3) is 3.76. The van der Waals surface area contributed by atoms with Crippen molar-refractivity contribution in [3.8, 4) is 0 Å². The molecule has 2 aliphatic rings. The molecule has 3 rings (SSSR count). The van der Waals surface area contributed by atoms with Crippen molar-refractivity contribution in [2.45, 2.75) is 36.4 Å². The van der Waals surface area contributed by atoms with E-state index in [1.54, 1.807) is 6.07 Å². The molecule has 0 aliphatic carbocycles. The third-order valence-electron chi connectivity index (χ3n) is 4.47. The summed E-state index contributed by atoms with van der Waals surface area (Å²) in [5, 5.41) is 6.26.